The van der Waals surface area contributed by atoms with Crippen molar-refractivity contribution < 1.29 is 32.6 Å². The topological polar surface area (TPSA) is 75.6 Å². The van der Waals surface area contributed by atoms with Crippen LogP contribution >= 0.6 is 0 Å². The number of rotatable bonds is 11. The average Bonchev–Trinajstić information content (AvgIpc) is 3.57. The minimum atomic E-state index is -2.78. The van der Waals surface area contributed by atoms with Crippen molar-refractivity contribution in [3.8, 4) is 5.75 Å². The van der Waals surface area contributed by atoms with Crippen LogP contribution in [0.2, 0.25) is 0 Å². The molecule has 0 bridgehead atoms. The standard InChI is InChI=1S/C19H23F3O3.C4H7NO/c1-3-5-12-8-16(25-10-11-6-7-11)15(18(21)22)9-14(12)13(4-2)17(20)19(23)24;1-5-3-2-4-6/h8-9,11,18H,3-7,10H2,1-2H3,(H,23,24);2-5H,1H3/b17-13-;3-2+. The summed E-state index contributed by atoms with van der Waals surface area (Å²) < 4.78 is 46.6. The van der Waals surface area contributed by atoms with Gasteiger partial charge >= 0.3 is 5.97 Å². The number of aliphatic carboxylic acids is 1. The number of aldehydes is 1. The zero-order chi connectivity index (χ0) is 23.4. The van der Waals surface area contributed by atoms with E-state index in [0.29, 0.717) is 24.5 Å². The molecule has 8 heteroatoms. The first-order valence-electron chi connectivity index (χ1n) is 10.3. The maximum absolute atomic E-state index is 14.1. The normalized spacial score (nSPS) is 14.0. The van der Waals surface area contributed by atoms with E-state index in [-0.39, 0.29) is 28.9 Å². The maximum atomic E-state index is 14.1. The molecule has 1 aromatic carbocycles. The first-order valence-corrected chi connectivity index (χ1v) is 10.3. The first kappa shape index (κ1) is 26.3. The smallest absolute Gasteiger partial charge is 0.365 e. The van der Waals surface area contributed by atoms with Gasteiger partial charge in [-0.2, -0.15) is 4.39 Å². The van der Waals surface area contributed by atoms with Gasteiger partial charge in [0.25, 0.3) is 6.43 Å². The number of carbonyl (C=O) groups excluding carboxylic acids is 1. The number of carbonyl (C=O) groups is 2. The van der Waals surface area contributed by atoms with Gasteiger partial charge in [0, 0.05) is 12.6 Å². The summed E-state index contributed by atoms with van der Waals surface area (Å²) in [6.45, 7) is 3.91. The molecule has 0 radical (unpaired) electrons. The van der Waals surface area contributed by atoms with E-state index in [0.717, 1.165) is 25.5 Å². The summed E-state index contributed by atoms with van der Waals surface area (Å²) >= 11 is 0. The summed E-state index contributed by atoms with van der Waals surface area (Å²) in [5, 5.41) is 11.6. The summed E-state index contributed by atoms with van der Waals surface area (Å²) in [5.41, 5.74) is 0.482. The minimum Gasteiger partial charge on any atom is -0.493 e. The van der Waals surface area contributed by atoms with E-state index in [9.17, 15) is 22.8 Å². The summed E-state index contributed by atoms with van der Waals surface area (Å²) in [4.78, 5) is 20.4. The predicted molar refractivity (Wildman–Crippen MR) is 114 cm³/mol. The molecule has 172 valence electrons. The number of alkyl halides is 2. The van der Waals surface area contributed by atoms with E-state index in [1.54, 1.807) is 20.2 Å². The fourth-order valence-corrected chi connectivity index (χ4v) is 2.91. The van der Waals surface area contributed by atoms with Crippen molar-refractivity contribution in [3.63, 3.8) is 0 Å². The van der Waals surface area contributed by atoms with Crippen LogP contribution in [0.4, 0.5) is 13.2 Å². The van der Waals surface area contributed by atoms with Crippen LogP contribution < -0.4 is 10.1 Å². The van der Waals surface area contributed by atoms with Crippen LogP contribution in [0.1, 0.15) is 62.6 Å². The lowest BCUT2D eigenvalue weighted by atomic mass is 9.92. The van der Waals surface area contributed by atoms with Crippen molar-refractivity contribution in [2.45, 2.75) is 52.4 Å². The molecular weight excluding hydrogens is 411 g/mol. The Bertz CT molecular complexity index is 802. The van der Waals surface area contributed by atoms with Crippen molar-refractivity contribution in [1.82, 2.24) is 5.32 Å². The molecule has 31 heavy (non-hydrogen) atoms. The molecule has 1 aromatic rings. The number of benzene rings is 1. The second-order valence-corrected chi connectivity index (χ2v) is 7.09. The number of allylic oxidation sites excluding steroid dienone is 2. The summed E-state index contributed by atoms with van der Waals surface area (Å²) in [7, 11) is 1.74. The summed E-state index contributed by atoms with van der Waals surface area (Å²) in [6.07, 6.45) is 4.30. The van der Waals surface area contributed by atoms with Gasteiger partial charge in [0.15, 0.2) is 0 Å². The lowest BCUT2D eigenvalue weighted by molar-refractivity contribution is -0.134. The Morgan fingerprint density at radius 1 is 1.32 bits per heavy atom. The van der Waals surface area contributed by atoms with Gasteiger partial charge in [-0.15, -0.1) is 0 Å². The van der Waals surface area contributed by atoms with Crippen molar-refractivity contribution >= 4 is 17.8 Å². The average molecular weight is 441 g/mol. The molecular formula is C23H30F3NO4. The summed E-state index contributed by atoms with van der Waals surface area (Å²) in [6, 6.07) is 2.72. The second kappa shape index (κ2) is 13.5. The molecule has 2 rings (SSSR count). The van der Waals surface area contributed by atoms with Crippen molar-refractivity contribution in [3.05, 3.63) is 46.9 Å². The molecule has 2 N–H and O–H groups in total. The number of hydrogen-bond donors (Lipinski definition) is 2. The number of halogens is 3. The number of carboxylic acids is 1. The molecule has 1 saturated carbocycles. The Balaban J connectivity index is 0.000000703. The van der Waals surface area contributed by atoms with Crippen molar-refractivity contribution in [2.24, 2.45) is 5.92 Å². The Labute approximate surface area is 181 Å². The van der Waals surface area contributed by atoms with Crippen molar-refractivity contribution in [2.75, 3.05) is 13.7 Å². The Kier molecular flexibility index (Phi) is 11.5. The van der Waals surface area contributed by atoms with Gasteiger partial charge in [-0.1, -0.05) is 20.3 Å². The molecule has 1 aliphatic rings. The van der Waals surface area contributed by atoms with E-state index < -0.39 is 18.2 Å². The van der Waals surface area contributed by atoms with Crippen LogP contribution in [-0.4, -0.2) is 31.0 Å². The van der Waals surface area contributed by atoms with E-state index in [2.05, 4.69) is 5.32 Å². The van der Waals surface area contributed by atoms with Gasteiger partial charge in [-0.3, -0.25) is 4.79 Å². The van der Waals surface area contributed by atoms with E-state index in [1.807, 2.05) is 6.92 Å². The number of carboxylic acid groups (broad SMARTS) is 1. The number of ether oxygens (including phenoxy) is 1. The van der Waals surface area contributed by atoms with Crippen LogP contribution in [0.5, 0.6) is 5.75 Å². The highest BCUT2D eigenvalue weighted by atomic mass is 19.3. The quantitative estimate of drug-likeness (QED) is 0.352. The van der Waals surface area contributed by atoms with Gasteiger partial charge < -0.3 is 15.2 Å². The van der Waals surface area contributed by atoms with Crippen LogP contribution in [0.3, 0.4) is 0 Å². The summed E-state index contributed by atoms with van der Waals surface area (Å²) in [5.74, 6) is -2.46. The fraction of sp³-hybridized carbons (Fsp3) is 0.478. The van der Waals surface area contributed by atoms with Gasteiger partial charge in [-0.25, -0.2) is 13.6 Å². The Morgan fingerprint density at radius 2 is 2.00 bits per heavy atom. The van der Waals surface area contributed by atoms with Gasteiger partial charge in [0.2, 0.25) is 5.83 Å². The molecule has 0 spiro atoms. The van der Waals surface area contributed by atoms with E-state index in [1.165, 1.54) is 18.2 Å². The predicted octanol–water partition coefficient (Wildman–Crippen LogP) is 5.46. The van der Waals surface area contributed by atoms with Gasteiger partial charge in [0.1, 0.15) is 12.0 Å². The number of nitrogens with one attached hydrogen (secondary N) is 1. The van der Waals surface area contributed by atoms with E-state index in [4.69, 9.17) is 9.84 Å². The van der Waals surface area contributed by atoms with Crippen LogP contribution in [0.25, 0.3) is 5.57 Å². The molecule has 1 aliphatic carbocycles. The SMILES string of the molecule is CCCc1cc(OCC2CC2)c(C(F)F)cc1/C(CC)=C(\F)C(=O)O.CN/C=C/C=O. The molecule has 0 heterocycles. The highest BCUT2D eigenvalue weighted by Gasteiger charge is 2.25. The lowest BCUT2D eigenvalue weighted by Gasteiger charge is -2.18. The van der Waals surface area contributed by atoms with E-state index >= 15 is 0 Å². The monoisotopic (exact) mass is 441 g/mol. The van der Waals surface area contributed by atoms with Gasteiger partial charge in [0.05, 0.1) is 12.2 Å². The Hall–Kier alpha value is -2.77. The highest BCUT2D eigenvalue weighted by Crippen LogP contribution is 2.38. The van der Waals surface area contributed by atoms with Crippen LogP contribution in [0.15, 0.2) is 30.2 Å². The largest absolute Gasteiger partial charge is 0.493 e. The lowest BCUT2D eigenvalue weighted by Crippen LogP contribution is -2.07. The molecule has 0 saturated heterocycles. The third-order valence-electron chi connectivity index (χ3n) is 4.63. The fourth-order valence-electron chi connectivity index (χ4n) is 2.91. The molecule has 0 atom stereocenters. The third kappa shape index (κ3) is 8.47. The van der Waals surface area contributed by atoms with Crippen molar-refractivity contribution in [1.29, 1.82) is 0 Å². The number of hydrogen-bond acceptors (Lipinski definition) is 4. The zero-order valence-electron chi connectivity index (χ0n) is 18.1. The minimum absolute atomic E-state index is 0.0633. The Morgan fingerprint density at radius 3 is 2.42 bits per heavy atom. The molecule has 1 fully saturated rings. The van der Waals surface area contributed by atoms with Gasteiger partial charge in [-0.05, 0) is 67.1 Å². The maximum Gasteiger partial charge on any atom is 0.365 e. The second-order valence-electron chi connectivity index (χ2n) is 7.09. The highest BCUT2D eigenvalue weighted by molar-refractivity contribution is 5.94. The van der Waals surface area contributed by atoms with Crippen LogP contribution in [0, 0.1) is 5.92 Å². The molecule has 0 unspecified atom stereocenters. The molecule has 0 amide bonds. The third-order valence-corrected chi connectivity index (χ3v) is 4.63. The number of aryl methyl sites for hydroxylation is 1. The van der Waals surface area contributed by atoms with Crippen LogP contribution in [-0.2, 0) is 16.0 Å². The first-order chi connectivity index (χ1) is 14.8. The molecule has 0 aromatic heterocycles. The molecule has 5 nitrogen and oxygen atoms in total. The zero-order valence-corrected chi connectivity index (χ0v) is 18.1. The molecule has 0 aliphatic heterocycles.